The van der Waals surface area contributed by atoms with Crippen molar-refractivity contribution in [1.29, 1.82) is 0 Å². The molecule has 2 N–H and O–H groups in total. The molecule has 0 unspecified atom stereocenters. The molecule has 0 saturated carbocycles. The summed E-state index contributed by atoms with van der Waals surface area (Å²) in [6.07, 6.45) is 2.47. The summed E-state index contributed by atoms with van der Waals surface area (Å²) in [5, 5.41) is 78.2. The van der Waals surface area contributed by atoms with Gasteiger partial charge in [-0.1, -0.05) is 84.3 Å². The molecular weight excluding hydrogens is 615 g/mol. The van der Waals surface area contributed by atoms with Crippen LogP contribution in [0.3, 0.4) is 0 Å². The first-order chi connectivity index (χ1) is 18.3. The molecule has 0 spiro atoms. The number of rotatable bonds is 6. The largest absolute Gasteiger partial charge is 2.00 e. The normalized spacial score (nSPS) is 11.3. The van der Waals surface area contributed by atoms with Crippen LogP contribution < -0.4 is 20.4 Å². The van der Waals surface area contributed by atoms with Crippen LogP contribution in [0.5, 0.6) is 23.0 Å². The van der Waals surface area contributed by atoms with Crippen LogP contribution in [0, 0.1) is 0 Å². The summed E-state index contributed by atoms with van der Waals surface area (Å²) in [6, 6.07) is 24.0. The molecule has 0 bridgehead atoms. The molecule has 12 heteroatoms. The third kappa shape index (κ3) is 10.6. The van der Waals surface area contributed by atoms with Gasteiger partial charge in [-0.25, -0.2) is 0 Å². The van der Waals surface area contributed by atoms with E-state index in [-0.39, 0.29) is 57.1 Å². The number of aromatic hydroxyl groups is 2. The van der Waals surface area contributed by atoms with E-state index in [1.807, 2.05) is 0 Å². The van der Waals surface area contributed by atoms with Gasteiger partial charge in [0.15, 0.2) is 0 Å². The van der Waals surface area contributed by atoms with Gasteiger partial charge >= 0.3 is 34.1 Å². The molecule has 0 aliphatic carbocycles. The van der Waals surface area contributed by atoms with Gasteiger partial charge in [-0.2, -0.15) is 20.4 Å². The maximum absolute atomic E-state index is 11.6. The second kappa shape index (κ2) is 17.1. The molecule has 4 aromatic rings. The zero-order valence-corrected chi connectivity index (χ0v) is 22.2. The minimum absolute atomic E-state index is 0. The molecule has 0 saturated heterocycles. The number of hydrogen-bond donors (Lipinski definition) is 2. The fraction of sp³-hybridized carbons (Fsp3) is 0. The van der Waals surface area contributed by atoms with Crippen molar-refractivity contribution in [3.05, 3.63) is 119 Å². The Balaban J connectivity index is 0.000000381. The van der Waals surface area contributed by atoms with Crippen LogP contribution in [0.15, 0.2) is 117 Å². The van der Waals surface area contributed by atoms with Crippen molar-refractivity contribution in [3.8, 4) is 23.0 Å². The molecule has 4 rings (SSSR count). The van der Waals surface area contributed by atoms with E-state index < -0.39 is 11.8 Å². The summed E-state index contributed by atoms with van der Waals surface area (Å²) in [7, 11) is 0. The predicted octanol–water partition coefficient (Wildman–Crippen LogP) is 1.21. The number of phenols is 2. The molecule has 0 aromatic heterocycles. The van der Waals surface area contributed by atoms with Crippen LogP contribution in [0.1, 0.15) is 22.3 Å². The average Bonchev–Trinajstić information content (AvgIpc) is 2.92. The third-order valence-electron chi connectivity index (χ3n) is 4.76. The van der Waals surface area contributed by atoms with Crippen LogP contribution in [0.2, 0.25) is 0 Å². The predicted molar refractivity (Wildman–Crippen MR) is 136 cm³/mol. The summed E-state index contributed by atoms with van der Waals surface area (Å²) < 4.78 is 0. The van der Waals surface area contributed by atoms with E-state index in [2.05, 4.69) is 20.4 Å². The molecule has 210 valence electrons. The first-order valence-corrected chi connectivity index (χ1v) is 11.0. The summed E-state index contributed by atoms with van der Waals surface area (Å²) in [5.74, 6) is -1.31. The quantitative estimate of drug-likeness (QED) is 0.139. The number of phenolic OH excluding ortho intramolecular Hbond substituents is 2. The second-order valence-corrected chi connectivity index (χ2v) is 7.47. The minimum atomic E-state index is -0.542. The van der Waals surface area contributed by atoms with E-state index >= 15 is 0 Å². The topological polar surface area (TPSA) is 182 Å². The zero-order valence-electron chi connectivity index (χ0n) is 20.3. The van der Waals surface area contributed by atoms with Gasteiger partial charge in [-0.15, -0.1) is 0 Å². The minimum Gasteiger partial charge on any atom is -0.872 e. The van der Waals surface area contributed by atoms with Gasteiger partial charge in [-0.05, 0) is 46.5 Å². The van der Waals surface area contributed by atoms with Gasteiger partial charge in [0.1, 0.15) is 11.5 Å². The maximum atomic E-state index is 11.6. The van der Waals surface area contributed by atoms with E-state index in [1.54, 1.807) is 36.4 Å². The van der Waals surface area contributed by atoms with Crippen molar-refractivity contribution in [3.63, 3.8) is 0 Å². The molecule has 40 heavy (non-hydrogen) atoms. The van der Waals surface area contributed by atoms with E-state index in [4.69, 9.17) is 10.2 Å². The molecule has 0 atom stereocenters. The zero-order chi connectivity index (χ0) is 27.3. The van der Waals surface area contributed by atoms with E-state index in [1.165, 1.54) is 73.1 Å². The Labute approximate surface area is 251 Å². The second-order valence-electron chi connectivity index (χ2n) is 7.47. The molecule has 0 aliphatic heterocycles. The van der Waals surface area contributed by atoms with Crippen molar-refractivity contribution in [1.82, 2.24) is 0 Å². The Kier molecular flexibility index (Phi) is 14.3. The summed E-state index contributed by atoms with van der Waals surface area (Å²) in [5.41, 5.74) is 1.35. The molecule has 0 aliphatic rings. The van der Waals surface area contributed by atoms with E-state index in [0.29, 0.717) is 22.3 Å². The Bertz CT molecular complexity index is 1360. The number of benzene rings is 4. The smallest absolute Gasteiger partial charge is 0.872 e. The molecule has 0 amide bonds. The van der Waals surface area contributed by atoms with Crippen molar-refractivity contribution in [2.45, 2.75) is 0 Å². The SMILES string of the molecule is [Cu+2].[Cu+2].[O-]/C(=N\N=C\c1ccccc1[O-])c1ccc(O)cc1.[O-]/C(=N\N=C\c1ccccc1[O-])c1ccc(O)cc1. The van der Waals surface area contributed by atoms with Crippen LogP contribution in [-0.2, 0) is 34.1 Å². The Morgan fingerprint density at radius 2 is 0.850 bits per heavy atom. The summed E-state index contributed by atoms with van der Waals surface area (Å²) in [4.78, 5) is 0. The number of para-hydroxylation sites is 2. The van der Waals surface area contributed by atoms with Crippen molar-refractivity contribution in [2.24, 2.45) is 20.4 Å². The van der Waals surface area contributed by atoms with Crippen LogP contribution in [0.4, 0.5) is 0 Å². The fourth-order valence-electron chi connectivity index (χ4n) is 2.78. The van der Waals surface area contributed by atoms with Gasteiger partial charge in [0.25, 0.3) is 0 Å². The first-order valence-electron chi connectivity index (χ1n) is 11.0. The molecule has 0 heterocycles. The van der Waals surface area contributed by atoms with Crippen LogP contribution in [-0.4, -0.2) is 34.4 Å². The average molecular weight is 636 g/mol. The van der Waals surface area contributed by atoms with Crippen molar-refractivity contribution in [2.75, 3.05) is 0 Å². The Morgan fingerprint density at radius 3 is 1.18 bits per heavy atom. The fourth-order valence-corrected chi connectivity index (χ4v) is 2.78. The standard InChI is InChI=1S/2C14H12N2O3.2Cu/c2*17-12-7-5-10(6-8-12)14(19)16-15-9-11-3-1-2-4-13(11)18;;/h2*1-9,17-18H,(H,16,19);;/q;;2*+2/p-4/b2*15-9+;;. The van der Waals surface area contributed by atoms with E-state index in [9.17, 15) is 20.4 Å². The maximum Gasteiger partial charge on any atom is 2.00 e. The molecule has 4 aromatic carbocycles. The third-order valence-corrected chi connectivity index (χ3v) is 4.76. The molecular formula is C28H20Cu2N4O6. The van der Waals surface area contributed by atoms with Gasteiger partial charge in [0.2, 0.25) is 0 Å². The van der Waals surface area contributed by atoms with Crippen molar-refractivity contribution >= 4 is 24.2 Å². The van der Waals surface area contributed by atoms with E-state index in [0.717, 1.165) is 0 Å². The van der Waals surface area contributed by atoms with Gasteiger partial charge in [0.05, 0.1) is 12.4 Å². The van der Waals surface area contributed by atoms with Gasteiger partial charge in [-0.3, -0.25) is 0 Å². The van der Waals surface area contributed by atoms with Crippen LogP contribution >= 0.6 is 0 Å². The first kappa shape index (κ1) is 33.4. The van der Waals surface area contributed by atoms with Crippen molar-refractivity contribution < 1.29 is 64.8 Å². The Hall–Kier alpha value is -4.60. The molecule has 0 fully saturated rings. The summed E-state index contributed by atoms with van der Waals surface area (Å²) >= 11 is 0. The van der Waals surface area contributed by atoms with Gasteiger partial charge in [0, 0.05) is 11.8 Å². The summed E-state index contributed by atoms with van der Waals surface area (Å²) in [6.45, 7) is 0. The molecule has 10 nitrogen and oxygen atoms in total. The molecule has 2 radical (unpaired) electrons. The monoisotopic (exact) mass is 634 g/mol. The Morgan fingerprint density at radius 1 is 0.525 bits per heavy atom. The van der Waals surface area contributed by atoms with Gasteiger partial charge < -0.3 is 30.6 Å². The van der Waals surface area contributed by atoms with Crippen LogP contribution in [0.25, 0.3) is 0 Å². The number of nitrogens with zero attached hydrogens (tertiary/aromatic N) is 4. The number of hydrogen-bond acceptors (Lipinski definition) is 10.